The monoisotopic (exact) mass is 387 g/mol. The summed E-state index contributed by atoms with van der Waals surface area (Å²) in [6, 6.07) is 2.05. The summed E-state index contributed by atoms with van der Waals surface area (Å²) in [6.07, 6.45) is 4.49. The topological polar surface area (TPSA) is 83.5 Å². The molecule has 7 heteroatoms. The lowest BCUT2D eigenvalue weighted by atomic mass is 9.76. The predicted molar refractivity (Wildman–Crippen MR) is 102 cm³/mol. The van der Waals surface area contributed by atoms with Gasteiger partial charge in [0.25, 0.3) is 0 Å². The van der Waals surface area contributed by atoms with Gasteiger partial charge in [-0.15, -0.1) is 11.3 Å². The molecule has 1 heterocycles. The summed E-state index contributed by atoms with van der Waals surface area (Å²) < 4.78 is 26.5. The number of hydrogen-bond donors (Lipinski definition) is 2. The second-order valence-corrected chi connectivity index (χ2v) is 10.7. The number of hydrogen-bond acceptors (Lipinski definition) is 4. The molecule has 5 nitrogen and oxygen atoms in total. The van der Waals surface area contributed by atoms with Crippen LogP contribution in [0.4, 0.5) is 0 Å². The number of carboxylic acid groups (broad SMARTS) is 1. The maximum atomic E-state index is 11.9. The van der Waals surface area contributed by atoms with Gasteiger partial charge in [0.2, 0.25) is 10.0 Å². The third kappa shape index (κ3) is 5.79. The van der Waals surface area contributed by atoms with Crippen LogP contribution in [0.2, 0.25) is 0 Å². The van der Waals surface area contributed by atoms with E-state index in [2.05, 4.69) is 11.6 Å². The van der Waals surface area contributed by atoms with Crippen LogP contribution in [0.25, 0.3) is 0 Å². The van der Waals surface area contributed by atoms with Crippen LogP contribution in [0.15, 0.2) is 11.4 Å². The molecule has 142 valence electrons. The zero-order chi connectivity index (χ0) is 18.6. The summed E-state index contributed by atoms with van der Waals surface area (Å²) in [4.78, 5) is 12.1. The van der Waals surface area contributed by atoms with Crippen LogP contribution in [0.1, 0.15) is 62.8 Å². The Bertz CT molecular complexity index is 673. The average Bonchev–Trinajstić information content (AvgIpc) is 3.00. The van der Waals surface area contributed by atoms with Crippen molar-refractivity contribution in [2.24, 2.45) is 11.8 Å². The van der Waals surface area contributed by atoms with E-state index in [9.17, 15) is 13.2 Å². The van der Waals surface area contributed by atoms with E-state index in [0.717, 1.165) is 31.2 Å². The standard InChI is InChI=1S/C18H29NO4S2/c1-12(2)25(22,23)19-10-13(3)15-4-6-16(7-5-15)17-8-14(11-24-17)9-18(20)21/h8,11-13,15-16,19H,4-7,9-10H2,1-3H3,(H,20,21). The minimum atomic E-state index is -3.19. The first-order chi connectivity index (χ1) is 11.7. The predicted octanol–water partition coefficient (Wildman–Crippen LogP) is 3.61. The molecule has 0 saturated heterocycles. The molecule has 0 spiro atoms. The quantitative estimate of drug-likeness (QED) is 0.714. The summed E-state index contributed by atoms with van der Waals surface area (Å²) in [6.45, 7) is 6.03. The van der Waals surface area contributed by atoms with Gasteiger partial charge in [-0.05, 0) is 74.3 Å². The molecule has 2 N–H and O–H groups in total. The van der Waals surface area contributed by atoms with Crippen molar-refractivity contribution in [3.8, 4) is 0 Å². The van der Waals surface area contributed by atoms with Crippen LogP contribution in [0.5, 0.6) is 0 Å². The molecule has 1 atom stereocenters. The van der Waals surface area contributed by atoms with E-state index in [1.54, 1.807) is 25.2 Å². The Morgan fingerprint density at radius 1 is 1.28 bits per heavy atom. The molecule has 0 aliphatic heterocycles. The van der Waals surface area contributed by atoms with E-state index in [1.165, 1.54) is 4.88 Å². The van der Waals surface area contributed by atoms with E-state index in [0.29, 0.717) is 24.3 Å². The van der Waals surface area contributed by atoms with Gasteiger partial charge < -0.3 is 5.11 Å². The minimum absolute atomic E-state index is 0.0961. The van der Waals surface area contributed by atoms with Crippen LogP contribution in [-0.2, 0) is 21.2 Å². The highest BCUT2D eigenvalue weighted by Crippen LogP contribution is 2.40. The zero-order valence-electron chi connectivity index (χ0n) is 15.2. The lowest BCUT2D eigenvalue weighted by Crippen LogP contribution is -2.36. The molecule has 1 aromatic rings. The molecular weight excluding hydrogens is 358 g/mol. The van der Waals surface area contributed by atoms with Crippen LogP contribution >= 0.6 is 11.3 Å². The molecular formula is C18H29NO4S2. The lowest BCUT2D eigenvalue weighted by molar-refractivity contribution is -0.136. The molecule has 0 amide bonds. The second kappa shape index (κ2) is 8.64. The maximum absolute atomic E-state index is 11.9. The molecule has 1 aliphatic carbocycles. The van der Waals surface area contributed by atoms with Gasteiger partial charge in [-0.1, -0.05) is 6.92 Å². The minimum Gasteiger partial charge on any atom is -0.481 e. The van der Waals surface area contributed by atoms with Crippen molar-refractivity contribution in [1.82, 2.24) is 4.72 Å². The Morgan fingerprint density at radius 3 is 2.48 bits per heavy atom. The summed E-state index contributed by atoms with van der Waals surface area (Å²) in [5, 5.41) is 10.4. The normalized spacial score (nSPS) is 22.9. The van der Waals surface area contributed by atoms with Gasteiger partial charge in [0.15, 0.2) is 0 Å². The number of carboxylic acids is 1. The summed E-state index contributed by atoms with van der Waals surface area (Å²) >= 11 is 1.67. The van der Waals surface area contributed by atoms with Gasteiger partial charge in [-0.2, -0.15) is 0 Å². The third-order valence-corrected chi connectivity index (χ3v) is 8.19. The van der Waals surface area contributed by atoms with Gasteiger partial charge in [0.1, 0.15) is 0 Å². The Balaban J connectivity index is 1.82. The molecule has 25 heavy (non-hydrogen) atoms. The van der Waals surface area contributed by atoms with Crippen LogP contribution in [0.3, 0.4) is 0 Å². The Morgan fingerprint density at radius 2 is 1.92 bits per heavy atom. The van der Waals surface area contributed by atoms with Crippen molar-refractivity contribution in [2.45, 2.75) is 64.0 Å². The second-order valence-electron chi connectivity index (χ2n) is 7.46. The van der Waals surface area contributed by atoms with Crippen molar-refractivity contribution in [2.75, 3.05) is 6.54 Å². The third-order valence-electron chi connectivity index (χ3n) is 5.24. The van der Waals surface area contributed by atoms with Crippen molar-refractivity contribution < 1.29 is 18.3 Å². The highest BCUT2D eigenvalue weighted by atomic mass is 32.2. The number of sulfonamides is 1. The number of rotatable bonds is 8. The smallest absolute Gasteiger partial charge is 0.307 e. The molecule has 1 saturated carbocycles. The average molecular weight is 388 g/mol. The van der Waals surface area contributed by atoms with Crippen molar-refractivity contribution in [1.29, 1.82) is 0 Å². The van der Waals surface area contributed by atoms with Gasteiger partial charge in [-0.25, -0.2) is 13.1 Å². The molecule has 1 fully saturated rings. The van der Waals surface area contributed by atoms with Crippen LogP contribution < -0.4 is 4.72 Å². The van der Waals surface area contributed by atoms with Crippen LogP contribution in [-0.4, -0.2) is 31.3 Å². The first-order valence-corrected chi connectivity index (χ1v) is 11.4. The first-order valence-electron chi connectivity index (χ1n) is 8.96. The SMILES string of the molecule is CC(CNS(=O)(=O)C(C)C)C1CCC(c2cc(CC(=O)O)cs2)CC1. The van der Waals surface area contributed by atoms with E-state index in [-0.39, 0.29) is 6.42 Å². The van der Waals surface area contributed by atoms with Gasteiger partial charge in [-0.3, -0.25) is 4.79 Å². The van der Waals surface area contributed by atoms with Gasteiger partial charge in [0.05, 0.1) is 11.7 Å². The highest BCUT2D eigenvalue weighted by Gasteiger charge is 2.28. The summed E-state index contributed by atoms with van der Waals surface area (Å²) in [5.41, 5.74) is 0.895. The number of nitrogens with one attached hydrogen (secondary N) is 1. The number of carbonyl (C=O) groups is 1. The molecule has 0 bridgehead atoms. The summed E-state index contributed by atoms with van der Waals surface area (Å²) in [7, 11) is -3.19. The van der Waals surface area contributed by atoms with Crippen LogP contribution in [0, 0.1) is 11.8 Å². The number of thiophene rings is 1. The van der Waals surface area contributed by atoms with Crippen molar-refractivity contribution >= 4 is 27.3 Å². The van der Waals surface area contributed by atoms with E-state index in [4.69, 9.17) is 5.11 Å². The molecule has 0 radical (unpaired) electrons. The Labute approximate surface area is 154 Å². The molecule has 1 aromatic heterocycles. The first kappa shape index (κ1) is 20.4. The number of aliphatic carboxylic acids is 1. The lowest BCUT2D eigenvalue weighted by Gasteiger charge is -2.32. The van der Waals surface area contributed by atoms with E-state index in [1.807, 2.05) is 11.4 Å². The van der Waals surface area contributed by atoms with Gasteiger partial charge in [0, 0.05) is 11.4 Å². The highest BCUT2D eigenvalue weighted by molar-refractivity contribution is 7.90. The fourth-order valence-electron chi connectivity index (χ4n) is 3.43. The molecule has 1 unspecified atom stereocenters. The Kier molecular flexibility index (Phi) is 7.05. The fraction of sp³-hybridized carbons (Fsp3) is 0.722. The van der Waals surface area contributed by atoms with Crippen molar-refractivity contribution in [3.05, 3.63) is 21.9 Å². The molecule has 1 aliphatic rings. The summed E-state index contributed by atoms with van der Waals surface area (Å²) in [5.74, 6) is 0.610. The zero-order valence-corrected chi connectivity index (χ0v) is 16.8. The fourth-order valence-corrected chi connectivity index (χ4v) is 5.34. The largest absolute Gasteiger partial charge is 0.481 e. The molecule has 0 aromatic carbocycles. The molecule has 2 rings (SSSR count). The van der Waals surface area contributed by atoms with Crippen molar-refractivity contribution in [3.63, 3.8) is 0 Å². The maximum Gasteiger partial charge on any atom is 0.307 e. The van der Waals surface area contributed by atoms with E-state index < -0.39 is 21.2 Å². The van der Waals surface area contributed by atoms with E-state index >= 15 is 0 Å². The Hall–Kier alpha value is -0.920. The van der Waals surface area contributed by atoms with Gasteiger partial charge >= 0.3 is 5.97 Å².